The Morgan fingerprint density at radius 3 is 2.69 bits per heavy atom. The molecule has 0 spiro atoms. The van der Waals surface area contributed by atoms with Gasteiger partial charge in [-0.05, 0) is 34.9 Å². The van der Waals surface area contributed by atoms with Crippen molar-refractivity contribution in [1.29, 1.82) is 0 Å². The third kappa shape index (κ3) is 5.97. The number of aryl methyl sites for hydroxylation is 1. The van der Waals surface area contributed by atoms with E-state index in [4.69, 9.17) is 9.73 Å². The lowest BCUT2D eigenvalue weighted by atomic mass is 10.1. The topological polar surface area (TPSA) is 78.2 Å². The zero-order chi connectivity index (χ0) is 20.5. The monoisotopic (exact) mass is 519 g/mol. The summed E-state index contributed by atoms with van der Waals surface area (Å²) in [6, 6.07) is 0.415. The van der Waals surface area contributed by atoms with Crippen molar-refractivity contribution in [2.24, 2.45) is 12.0 Å². The summed E-state index contributed by atoms with van der Waals surface area (Å²) in [5.74, 6) is 0.921. The first-order chi connectivity index (χ1) is 13.1. The molecule has 2 aliphatic heterocycles. The van der Waals surface area contributed by atoms with Crippen LogP contribution in [0.2, 0.25) is 0 Å². The van der Waals surface area contributed by atoms with Crippen LogP contribution in [0.1, 0.15) is 32.4 Å². The van der Waals surface area contributed by atoms with Gasteiger partial charge in [0, 0.05) is 45.0 Å². The highest BCUT2D eigenvalue weighted by Gasteiger charge is 2.36. The summed E-state index contributed by atoms with van der Waals surface area (Å²) in [4.78, 5) is 23.3. The second-order valence-corrected chi connectivity index (χ2v) is 8.75. The number of aliphatic imine (C=N–C) groups is 1. The first-order valence-corrected chi connectivity index (χ1v) is 9.82. The van der Waals surface area contributed by atoms with E-state index in [9.17, 15) is 4.79 Å². The van der Waals surface area contributed by atoms with Gasteiger partial charge in [0.25, 0.3) is 0 Å². The average Bonchev–Trinajstić information content (AvgIpc) is 3.19. The maximum atomic E-state index is 12.4. The highest BCUT2D eigenvalue weighted by Crippen LogP contribution is 2.20. The molecule has 2 atom stereocenters. The van der Waals surface area contributed by atoms with E-state index in [0.29, 0.717) is 19.6 Å². The van der Waals surface area contributed by atoms with E-state index in [1.807, 2.05) is 44.9 Å². The van der Waals surface area contributed by atoms with Crippen LogP contribution in [0.5, 0.6) is 0 Å². The molecule has 1 fully saturated rings. The molecule has 10 heteroatoms. The van der Waals surface area contributed by atoms with Gasteiger partial charge in [-0.25, -0.2) is 4.79 Å². The normalized spacial score (nSPS) is 20.1. The number of nitrogens with zero attached hydrogens (tertiary/aromatic N) is 6. The Labute approximate surface area is 190 Å². The number of amides is 1. The van der Waals surface area contributed by atoms with Gasteiger partial charge in [-0.2, -0.15) is 5.10 Å². The Morgan fingerprint density at radius 1 is 1.38 bits per heavy atom. The fourth-order valence-electron chi connectivity index (χ4n) is 3.62. The summed E-state index contributed by atoms with van der Waals surface area (Å²) in [6.45, 7) is 9.17. The van der Waals surface area contributed by atoms with Crippen LogP contribution < -0.4 is 5.32 Å². The number of carbonyl (C=O) groups is 1. The van der Waals surface area contributed by atoms with Crippen LogP contribution in [0.25, 0.3) is 0 Å². The third-order valence-electron chi connectivity index (χ3n) is 5.04. The van der Waals surface area contributed by atoms with E-state index in [2.05, 4.69) is 34.3 Å². The van der Waals surface area contributed by atoms with Gasteiger partial charge in [0.1, 0.15) is 5.60 Å². The summed E-state index contributed by atoms with van der Waals surface area (Å²) < 4.78 is 7.34. The van der Waals surface area contributed by atoms with Gasteiger partial charge >= 0.3 is 6.09 Å². The van der Waals surface area contributed by atoms with Gasteiger partial charge in [-0.1, -0.05) is 0 Å². The van der Waals surface area contributed by atoms with Crippen molar-refractivity contribution in [1.82, 2.24) is 29.8 Å². The van der Waals surface area contributed by atoms with Crippen molar-refractivity contribution in [2.75, 3.05) is 46.8 Å². The van der Waals surface area contributed by atoms with E-state index >= 15 is 0 Å². The number of hydrogen-bond acceptors (Lipinski definition) is 7. The van der Waals surface area contributed by atoms with Crippen LogP contribution in [0.3, 0.4) is 0 Å². The molecule has 29 heavy (non-hydrogen) atoms. The minimum Gasteiger partial charge on any atom is -0.444 e. The lowest BCUT2D eigenvalue weighted by molar-refractivity contribution is 0.0137. The fraction of sp³-hybridized carbons (Fsp3) is 0.737. The van der Waals surface area contributed by atoms with Crippen LogP contribution in [-0.4, -0.2) is 95.0 Å². The Hall–Kier alpha value is -1.56. The van der Waals surface area contributed by atoms with E-state index in [1.165, 1.54) is 5.56 Å². The SMILES string of the molecule is CN(C)C(CNC1=NCC2CN(C(=O)OC(C)(C)C)CCN12)c1cnn(C)c1.I. The van der Waals surface area contributed by atoms with Crippen molar-refractivity contribution in [2.45, 2.75) is 38.5 Å². The molecule has 1 saturated heterocycles. The highest BCUT2D eigenvalue weighted by molar-refractivity contribution is 14.0. The first kappa shape index (κ1) is 23.7. The Kier molecular flexibility index (Phi) is 7.77. The van der Waals surface area contributed by atoms with Crippen LogP contribution in [0, 0.1) is 0 Å². The molecule has 2 unspecified atom stereocenters. The molecule has 0 bridgehead atoms. The molecule has 164 valence electrons. The molecule has 0 saturated carbocycles. The third-order valence-corrected chi connectivity index (χ3v) is 5.04. The predicted molar refractivity (Wildman–Crippen MR) is 124 cm³/mol. The molecule has 0 aliphatic carbocycles. The Morgan fingerprint density at radius 2 is 2.10 bits per heavy atom. The molecule has 0 aromatic carbocycles. The number of aromatic nitrogens is 2. The van der Waals surface area contributed by atoms with Crippen LogP contribution in [0.4, 0.5) is 4.79 Å². The molecule has 0 radical (unpaired) electrons. The summed E-state index contributed by atoms with van der Waals surface area (Å²) in [7, 11) is 6.07. The van der Waals surface area contributed by atoms with Crippen LogP contribution >= 0.6 is 24.0 Å². The quantitative estimate of drug-likeness (QED) is 0.609. The van der Waals surface area contributed by atoms with Crippen molar-refractivity contribution in [3.8, 4) is 0 Å². The Balaban J connectivity index is 0.00000300. The van der Waals surface area contributed by atoms with Crippen LogP contribution in [0.15, 0.2) is 17.4 Å². The molecule has 1 amide bonds. The predicted octanol–water partition coefficient (Wildman–Crippen LogP) is 1.52. The second-order valence-electron chi connectivity index (χ2n) is 8.75. The maximum absolute atomic E-state index is 12.4. The number of guanidine groups is 1. The molecule has 3 rings (SSSR count). The zero-order valence-corrected chi connectivity index (χ0v) is 20.6. The lowest BCUT2D eigenvalue weighted by Gasteiger charge is -2.39. The number of fused-ring (bicyclic) bond motifs is 1. The second kappa shape index (κ2) is 9.50. The Bertz CT molecular complexity index is 728. The lowest BCUT2D eigenvalue weighted by Crippen LogP contribution is -2.58. The number of nitrogens with one attached hydrogen (secondary N) is 1. The minimum atomic E-state index is -0.472. The van der Waals surface area contributed by atoms with E-state index in [1.54, 1.807) is 4.90 Å². The summed E-state index contributed by atoms with van der Waals surface area (Å²) in [5.41, 5.74) is 0.700. The first-order valence-electron chi connectivity index (χ1n) is 9.82. The molecular formula is C19H34IN7O2. The van der Waals surface area contributed by atoms with Gasteiger partial charge in [-0.3, -0.25) is 9.67 Å². The van der Waals surface area contributed by atoms with Crippen LogP contribution in [-0.2, 0) is 11.8 Å². The van der Waals surface area contributed by atoms with Gasteiger partial charge in [-0.15, -0.1) is 24.0 Å². The number of hydrogen-bond donors (Lipinski definition) is 1. The largest absolute Gasteiger partial charge is 0.444 e. The highest BCUT2D eigenvalue weighted by atomic mass is 127. The molecule has 1 aromatic heterocycles. The van der Waals surface area contributed by atoms with Gasteiger partial charge in [0.05, 0.1) is 24.8 Å². The van der Waals surface area contributed by atoms with E-state index in [-0.39, 0.29) is 42.2 Å². The molecule has 1 aromatic rings. The smallest absolute Gasteiger partial charge is 0.410 e. The summed E-state index contributed by atoms with van der Waals surface area (Å²) in [6.07, 6.45) is 3.72. The number of carbonyl (C=O) groups excluding carboxylic acids is 1. The van der Waals surface area contributed by atoms with Crippen molar-refractivity contribution >= 4 is 36.0 Å². The summed E-state index contributed by atoms with van der Waals surface area (Å²) >= 11 is 0. The average molecular weight is 519 g/mol. The number of likely N-dealkylation sites (N-methyl/N-ethyl adjacent to an activating group) is 1. The maximum Gasteiger partial charge on any atom is 0.410 e. The summed E-state index contributed by atoms with van der Waals surface area (Å²) in [5, 5.41) is 7.80. The number of halogens is 1. The molecule has 2 aliphatic rings. The molecule has 1 N–H and O–H groups in total. The molecule has 9 nitrogen and oxygen atoms in total. The van der Waals surface area contributed by atoms with Crippen molar-refractivity contribution in [3.05, 3.63) is 18.0 Å². The minimum absolute atomic E-state index is 0. The molecule has 3 heterocycles. The molecular weight excluding hydrogens is 485 g/mol. The number of ether oxygens (including phenoxy) is 1. The van der Waals surface area contributed by atoms with E-state index in [0.717, 1.165) is 19.0 Å². The van der Waals surface area contributed by atoms with Gasteiger partial charge < -0.3 is 24.8 Å². The van der Waals surface area contributed by atoms with Crippen molar-refractivity contribution < 1.29 is 9.53 Å². The zero-order valence-electron chi connectivity index (χ0n) is 18.3. The standard InChI is InChI=1S/C19H33N7O2.HI/c1-19(2,3)28-18(27)25-7-8-26-15(13-25)10-20-17(26)21-11-16(23(4)5)14-9-22-24(6)12-14;/h9,12,15-16H,7-8,10-11,13H2,1-6H3,(H,20,21);1H. The number of rotatable bonds is 4. The van der Waals surface area contributed by atoms with E-state index < -0.39 is 5.60 Å². The van der Waals surface area contributed by atoms with Crippen molar-refractivity contribution in [3.63, 3.8) is 0 Å². The van der Waals surface area contributed by atoms with Gasteiger partial charge in [0.2, 0.25) is 0 Å². The fourth-order valence-corrected chi connectivity index (χ4v) is 3.62. The number of piperazine rings is 1. The van der Waals surface area contributed by atoms with Gasteiger partial charge in [0.15, 0.2) is 5.96 Å².